The number of hydrogen-bond donors (Lipinski definition) is 1. The molecule has 4 heteroatoms. The molecule has 0 unspecified atom stereocenters. The predicted molar refractivity (Wildman–Crippen MR) is 80.0 cm³/mol. The molecular formula is C16H22FN3. The smallest absolute Gasteiger partial charge is 0.123 e. The fourth-order valence-corrected chi connectivity index (χ4v) is 2.37. The third-order valence-corrected chi connectivity index (χ3v) is 3.34. The molecule has 0 aliphatic heterocycles. The van der Waals surface area contributed by atoms with Crippen molar-refractivity contribution >= 4 is 0 Å². The molecule has 108 valence electrons. The maximum atomic E-state index is 13.6. The highest BCUT2D eigenvalue weighted by atomic mass is 19.1. The average molecular weight is 275 g/mol. The van der Waals surface area contributed by atoms with Crippen molar-refractivity contribution in [2.24, 2.45) is 7.05 Å². The first kappa shape index (κ1) is 14.7. The molecule has 1 N–H and O–H groups in total. The van der Waals surface area contributed by atoms with E-state index in [9.17, 15) is 4.39 Å². The van der Waals surface area contributed by atoms with Gasteiger partial charge >= 0.3 is 0 Å². The summed E-state index contributed by atoms with van der Waals surface area (Å²) in [6.07, 6.45) is 3.90. The second-order valence-corrected chi connectivity index (χ2v) is 4.99. The van der Waals surface area contributed by atoms with Gasteiger partial charge in [-0.3, -0.25) is 4.68 Å². The Bertz CT molecular complexity index is 575. The van der Waals surface area contributed by atoms with Crippen LogP contribution >= 0.6 is 0 Å². The molecule has 0 radical (unpaired) electrons. The van der Waals surface area contributed by atoms with Crippen LogP contribution in [0.25, 0.3) is 11.1 Å². The minimum Gasteiger partial charge on any atom is -0.313 e. The van der Waals surface area contributed by atoms with E-state index in [1.165, 1.54) is 6.07 Å². The first-order valence-corrected chi connectivity index (χ1v) is 7.17. The first-order chi connectivity index (χ1) is 9.65. The van der Waals surface area contributed by atoms with Crippen LogP contribution < -0.4 is 5.32 Å². The van der Waals surface area contributed by atoms with Gasteiger partial charge in [0.2, 0.25) is 0 Å². The fraction of sp³-hybridized carbons (Fsp3) is 0.438. The third-order valence-electron chi connectivity index (χ3n) is 3.34. The lowest BCUT2D eigenvalue weighted by molar-refractivity contribution is 0.625. The van der Waals surface area contributed by atoms with Gasteiger partial charge in [-0.25, -0.2) is 4.39 Å². The Hall–Kier alpha value is -1.68. The van der Waals surface area contributed by atoms with E-state index >= 15 is 0 Å². The number of nitrogens with zero attached hydrogens (tertiary/aromatic N) is 2. The third kappa shape index (κ3) is 3.25. The van der Waals surface area contributed by atoms with Gasteiger partial charge in [-0.05, 0) is 42.6 Å². The van der Waals surface area contributed by atoms with Gasteiger partial charge in [0.15, 0.2) is 0 Å². The van der Waals surface area contributed by atoms with Crippen LogP contribution in [0.2, 0.25) is 0 Å². The van der Waals surface area contributed by atoms with Crippen molar-refractivity contribution in [3.63, 3.8) is 0 Å². The summed E-state index contributed by atoms with van der Waals surface area (Å²) in [5.41, 5.74) is 4.10. The summed E-state index contributed by atoms with van der Waals surface area (Å²) in [5, 5.41) is 7.82. The lowest BCUT2D eigenvalue weighted by atomic mass is 9.99. The van der Waals surface area contributed by atoms with Crippen LogP contribution in [0.5, 0.6) is 0 Å². The summed E-state index contributed by atoms with van der Waals surface area (Å²) in [7, 11) is 1.90. The number of halogens is 1. The van der Waals surface area contributed by atoms with Crippen molar-refractivity contribution in [2.75, 3.05) is 6.54 Å². The fourth-order valence-electron chi connectivity index (χ4n) is 2.37. The molecule has 1 aromatic heterocycles. The molecule has 1 aromatic carbocycles. The summed E-state index contributed by atoms with van der Waals surface area (Å²) in [6.45, 7) is 5.92. The van der Waals surface area contributed by atoms with E-state index < -0.39 is 0 Å². The molecule has 1 heterocycles. The minimum absolute atomic E-state index is 0.204. The van der Waals surface area contributed by atoms with E-state index in [-0.39, 0.29) is 5.82 Å². The lowest BCUT2D eigenvalue weighted by Crippen LogP contribution is -2.14. The highest BCUT2D eigenvalue weighted by molar-refractivity contribution is 5.69. The Balaban J connectivity index is 2.40. The van der Waals surface area contributed by atoms with Crippen molar-refractivity contribution < 1.29 is 4.39 Å². The van der Waals surface area contributed by atoms with E-state index in [1.807, 2.05) is 19.3 Å². The molecule has 3 nitrogen and oxygen atoms in total. The summed E-state index contributed by atoms with van der Waals surface area (Å²) in [6, 6.07) is 4.99. The van der Waals surface area contributed by atoms with Crippen LogP contribution in [-0.4, -0.2) is 16.3 Å². The van der Waals surface area contributed by atoms with Crippen LogP contribution in [0.15, 0.2) is 24.4 Å². The summed E-state index contributed by atoms with van der Waals surface area (Å²) < 4.78 is 15.4. The molecule has 0 saturated carbocycles. The van der Waals surface area contributed by atoms with Crippen molar-refractivity contribution in [1.82, 2.24) is 15.1 Å². The van der Waals surface area contributed by atoms with Crippen LogP contribution in [0.1, 0.15) is 31.5 Å². The highest BCUT2D eigenvalue weighted by Crippen LogP contribution is 2.28. The number of benzene rings is 1. The maximum Gasteiger partial charge on any atom is 0.123 e. The van der Waals surface area contributed by atoms with E-state index in [2.05, 4.69) is 24.3 Å². The molecule has 0 saturated heterocycles. The zero-order valence-corrected chi connectivity index (χ0v) is 12.4. The summed E-state index contributed by atoms with van der Waals surface area (Å²) >= 11 is 0. The normalized spacial score (nSPS) is 11.0. The average Bonchev–Trinajstić information content (AvgIpc) is 2.81. The highest BCUT2D eigenvalue weighted by Gasteiger charge is 2.13. The minimum atomic E-state index is -0.204. The molecule has 0 aliphatic carbocycles. The van der Waals surface area contributed by atoms with Crippen LogP contribution in [-0.2, 0) is 20.0 Å². The Morgan fingerprint density at radius 3 is 2.75 bits per heavy atom. The zero-order valence-electron chi connectivity index (χ0n) is 12.4. The van der Waals surface area contributed by atoms with Gasteiger partial charge in [-0.15, -0.1) is 0 Å². The Morgan fingerprint density at radius 2 is 2.05 bits per heavy atom. The SMILES string of the molecule is CCCNCc1ccc(F)cc1-c1cn(C)nc1CC. The largest absolute Gasteiger partial charge is 0.313 e. The second-order valence-electron chi connectivity index (χ2n) is 4.99. The van der Waals surface area contributed by atoms with Gasteiger partial charge in [0.05, 0.1) is 5.69 Å². The molecule has 0 bridgehead atoms. The Kier molecular flexibility index (Phi) is 4.90. The zero-order chi connectivity index (χ0) is 14.5. The summed E-state index contributed by atoms with van der Waals surface area (Å²) in [4.78, 5) is 0. The summed E-state index contributed by atoms with van der Waals surface area (Å²) in [5.74, 6) is -0.204. The van der Waals surface area contributed by atoms with E-state index in [4.69, 9.17) is 0 Å². The predicted octanol–water partition coefficient (Wildman–Crippen LogP) is 3.29. The second kappa shape index (κ2) is 6.66. The molecule has 20 heavy (non-hydrogen) atoms. The number of aromatic nitrogens is 2. The van der Waals surface area contributed by atoms with Crippen LogP contribution in [0.3, 0.4) is 0 Å². The van der Waals surface area contributed by atoms with Crippen molar-refractivity contribution in [3.8, 4) is 11.1 Å². The number of rotatable bonds is 6. The lowest BCUT2D eigenvalue weighted by Gasteiger charge is -2.10. The van der Waals surface area contributed by atoms with E-state index in [1.54, 1.807) is 10.7 Å². The van der Waals surface area contributed by atoms with Crippen LogP contribution in [0.4, 0.5) is 4.39 Å². The van der Waals surface area contributed by atoms with Gasteiger partial charge in [-0.1, -0.05) is 19.9 Å². The van der Waals surface area contributed by atoms with Crippen molar-refractivity contribution in [1.29, 1.82) is 0 Å². The van der Waals surface area contributed by atoms with E-state index in [0.29, 0.717) is 0 Å². The molecule has 2 aromatic rings. The van der Waals surface area contributed by atoms with Crippen LogP contribution in [0, 0.1) is 5.82 Å². The molecule has 0 aliphatic rings. The molecule has 0 fully saturated rings. The van der Waals surface area contributed by atoms with Gasteiger partial charge in [0, 0.05) is 25.4 Å². The first-order valence-electron chi connectivity index (χ1n) is 7.17. The number of nitrogens with one attached hydrogen (secondary N) is 1. The topological polar surface area (TPSA) is 29.9 Å². The standard InChI is InChI=1S/C16H22FN3/c1-4-8-18-10-12-6-7-13(17)9-14(12)15-11-20(3)19-16(15)5-2/h6-7,9,11,18H,4-5,8,10H2,1-3H3. The Labute approximate surface area is 119 Å². The quantitative estimate of drug-likeness (QED) is 0.820. The molecule has 0 atom stereocenters. The van der Waals surface area contributed by atoms with Gasteiger partial charge in [-0.2, -0.15) is 5.10 Å². The van der Waals surface area contributed by atoms with E-state index in [0.717, 1.165) is 48.3 Å². The molecule has 2 rings (SSSR count). The molecular weight excluding hydrogens is 253 g/mol. The molecule has 0 spiro atoms. The molecule has 0 amide bonds. The monoisotopic (exact) mass is 275 g/mol. The maximum absolute atomic E-state index is 13.6. The number of hydrogen-bond acceptors (Lipinski definition) is 2. The Morgan fingerprint density at radius 1 is 1.25 bits per heavy atom. The van der Waals surface area contributed by atoms with Crippen molar-refractivity contribution in [2.45, 2.75) is 33.2 Å². The van der Waals surface area contributed by atoms with Crippen molar-refractivity contribution in [3.05, 3.63) is 41.5 Å². The van der Waals surface area contributed by atoms with Gasteiger partial charge < -0.3 is 5.32 Å². The van der Waals surface area contributed by atoms with Gasteiger partial charge in [0.1, 0.15) is 5.82 Å². The van der Waals surface area contributed by atoms with Gasteiger partial charge in [0.25, 0.3) is 0 Å². The number of aryl methyl sites for hydroxylation is 2.